The molecule has 2 fully saturated rings. The van der Waals surface area contributed by atoms with Crippen LogP contribution < -0.4 is 5.32 Å². The largest absolute Gasteiger partial charge is 0.317 e. The predicted octanol–water partition coefficient (Wildman–Crippen LogP) is 3.91. The van der Waals surface area contributed by atoms with Crippen molar-refractivity contribution in [3.63, 3.8) is 0 Å². The number of nitrogens with one attached hydrogen (secondary N) is 1. The van der Waals surface area contributed by atoms with E-state index < -0.39 is 0 Å². The molecular formula is C18H36N2. The maximum atomic E-state index is 3.59. The number of piperidine rings is 1. The molecule has 1 saturated heterocycles. The van der Waals surface area contributed by atoms with Crippen molar-refractivity contribution in [2.24, 2.45) is 17.8 Å². The van der Waals surface area contributed by atoms with Gasteiger partial charge in [0, 0.05) is 12.6 Å². The molecule has 0 aromatic carbocycles. The summed E-state index contributed by atoms with van der Waals surface area (Å²) in [4.78, 5) is 2.76. The predicted molar refractivity (Wildman–Crippen MR) is 88.0 cm³/mol. The summed E-state index contributed by atoms with van der Waals surface area (Å²) in [5, 5.41) is 3.59. The molecule has 1 aliphatic heterocycles. The fourth-order valence-electron chi connectivity index (χ4n) is 4.51. The molecule has 2 aliphatic rings. The van der Waals surface area contributed by atoms with E-state index in [0.717, 1.165) is 23.8 Å². The van der Waals surface area contributed by atoms with Crippen LogP contribution in [0.2, 0.25) is 0 Å². The second-order valence-electron chi connectivity index (χ2n) is 7.28. The fraction of sp³-hybridized carbons (Fsp3) is 1.00. The third kappa shape index (κ3) is 4.46. The first-order valence-corrected chi connectivity index (χ1v) is 9.16. The zero-order chi connectivity index (χ0) is 14.4. The third-order valence-electron chi connectivity index (χ3n) is 5.94. The summed E-state index contributed by atoms with van der Waals surface area (Å²) in [7, 11) is 2.16. The molecule has 118 valence electrons. The van der Waals surface area contributed by atoms with Crippen molar-refractivity contribution < 1.29 is 0 Å². The van der Waals surface area contributed by atoms with Gasteiger partial charge < -0.3 is 10.2 Å². The molecular weight excluding hydrogens is 244 g/mol. The molecule has 0 radical (unpaired) electrons. The van der Waals surface area contributed by atoms with E-state index in [0.29, 0.717) is 0 Å². The highest BCUT2D eigenvalue weighted by Crippen LogP contribution is 2.32. The summed E-state index contributed by atoms with van der Waals surface area (Å²) in [6, 6.07) is 0.770. The lowest BCUT2D eigenvalue weighted by Gasteiger charge is -2.40. The van der Waals surface area contributed by atoms with Crippen molar-refractivity contribution in [3.8, 4) is 0 Å². The number of likely N-dealkylation sites (tertiary alicyclic amines) is 1. The average Bonchev–Trinajstić information content (AvgIpc) is 2.49. The number of hydrogen-bond donors (Lipinski definition) is 1. The Hall–Kier alpha value is -0.0800. The van der Waals surface area contributed by atoms with Gasteiger partial charge in [0.2, 0.25) is 0 Å². The normalized spacial score (nSPS) is 33.5. The van der Waals surface area contributed by atoms with Gasteiger partial charge in [-0.15, -0.1) is 0 Å². The van der Waals surface area contributed by atoms with Crippen LogP contribution in [0.5, 0.6) is 0 Å². The first-order chi connectivity index (χ1) is 9.76. The van der Waals surface area contributed by atoms with Crippen molar-refractivity contribution >= 4 is 0 Å². The van der Waals surface area contributed by atoms with Crippen molar-refractivity contribution in [1.29, 1.82) is 0 Å². The molecule has 0 amide bonds. The van der Waals surface area contributed by atoms with E-state index in [4.69, 9.17) is 0 Å². The lowest BCUT2D eigenvalue weighted by atomic mass is 9.76. The van der Waals surface area contributed by atoms with Crippen LogP contribution in [0, 0.1) is 17.8 Å². The van der Waals surface area contributed by atoms with Gasteiger partial charge in [0.1, 0.15) is 0 Å². The van der Waals surface area contributed by atoms with Crippen LogP contribution in [-0.2, 0) is 0 Å². The minimum absolute atomic E-state index is 0.770. The quantitative estimate of drug-likeness (QED) is 0.793. The van der Waals surface area contributed by atoms with E-state index in [9.17, 15) is 0 Å². The lowest BCUT2D eigenvalue weighted by Crippen LogP contribution is -2.46. The van der Waals surface area contributed by atoms with E-state index in [1.54, 1.807) is 0 Å². The molecule has 2 nitrogen and oxygen atoms in total. The van der Waals surface area contributed by atoms with Gasteiger partial charge >= 0.3 is 0 Å². The molecule has 1 N–H and O–H groups in total. The van der Waals surface area contributed by atoms with Crippen LogP contribution in [0.4, 0.5) is 0 Å². The van der Waals surface area contributed by atoms with E-state index in [1.165, 1.54) is 71.0 Å². The molecule has 0 aromatic rings. The zero-order valence-electron chi connectivity index (χ0n) is 14.0. The van der Waals surface area contributed by atoms with Crippen molar-refractivity contribution in [1.82, 2.24) is 10.2 Å². The summed E-state index contributed by atoms with van der Waals surface area (Å²) >= 11 is 0. The summed E-state index contributed by atoms with van der Waals surface area (Å²) < 4.78 is 0. The smallest absolute Gasteiger partial charge is 0.0105 e. The second kappa shape index (κ2) is 8.38. The highest BCUT2D eigenvalue weighted by molar-refractivity contribution is 4.86. The van der Waals surface area contributed by atoms with Crippen molar-refractivity contribution in [3.05, 3.63) is 0 Å². The van der Waals surface area contributed by atoms with E-state index in [2.05, 4.69) is 31.1 Å². The highest BCUT2D eigenvalue weighted by atomic mass is 15.1. The molecule has 1 heterocycles. The van der Waals surface area contributed by atoms with Crippen LogP contribution in [0.3, 0.4) is 0 Å². The van der Waals surface area contributed by atoms with E-state index in [-0.39, 0.29) is 0 Å². The topological polar surface area (TPSA) is 15.3 Å². The van der Waals surface area contributed by atoms with Crippen LogP contribution in [0.1, 0.15) is 65.2 Å². The van der Waals surface area contributed by atoms with Crippen LogP contribution in [0.15, 0.2) is 0 Å². The Morgan fingerprint density at radius 2 is 1.75 bits per heavy atom. The van der Waals surface area contributed by atoms with Crippen LogP contribution in [-0.4, -0.2) is 37.6 Å². The molecule has 3 atom stereocenters. The monoisotopic (exact) mass is 280 g/mol. The first-order valence-electron chi connectivity index (χ1n) is 9.16. The van der Waals surface area contributed by atoms with Gasteiger partial charge in [-0.2, -0.15) is 0 Å². The van der Waals surface area contributed by atoms with Crippen LogP contribution in [0.25, 0.3) is 0 Å². The summed E-state index contributed by atoms with van der Waals surface area (Å²) in [5.41, 5.74) is 0. The maximum absolute atomic E-state index is 3.59. The molecule has 1 aliphatic carbocycles. The molecule has 1 saturated carbocycles. The molecule has 2 heteroatoms. The Morgan fingerprint density at radius 1 is 1.00 bits per heavy atom. The number of rotatable bonds is 6. The summed E-state index contributed by atoms with van der Waals surface area (Å²) in [6.45, 7) is 8.76. The fourth-order valence-corrected chi connectivity index (χ4v) is 4.51. The highest BCUT2D eigenvalue weighted by Gasteiger charge is 2.31. The van der Waals surface area contributed by atoms with Gasteiger partial charge in [-0.05, 0) is 70.0 Å². The van der Waals surface area contributed by atoms with E-state index in [1.807, 2.05) is 0 Å². The Morgan fingerprint density at radius 3 is 2.35 bits per heavy atom. The lowest BCUT2D eigenvalue weighted by molar-refractivity contribution is 0.110. The van der Waals surface area contributed by atoms with Crippen molar-refractivity contribution in [2.75, 3.05) is 26.7 Å². The van der Waals surface area contributed by atoms with Crippen LogP contribution >= 0.6 is 0 Å². The minimum atomic E-state index is 0.770. The Kier molecular flexibility index (Phi) is 6.83. The average molecular weight is 281 g/mol. The number of nitrogens with zero attached hydrogens (tertiary/aromatic N) is 1. The SMILES string of the molecule is CCCC1CCN(CC2CC(CC)CCC2NC)CC1. The number of hydrogen-bond acceptors (Lipinski definition) is 2. The van der Waals surface area contributed by atoms with Gasteiger partial charge in [0.15, 0.2) is 0 Å². The summed E-state index contributed by atoms with van der Waals surface area (Å²) in [5.74, 6) is 2.90. The minimum Gasteiger partial charge on any atom is -0.317 e. The Labute approximate surface area is 126 Å². The molecule has 3 unspecified atom stereocenters. The van der Waals surface area contributed by atoms with Gasteiger partial charge in [0.25, 0.3) is 0 Å². The van der Waals surface area contributed by atoms with Gasteiger partial charge in [0.05, 0.1) is 0 Å². The first kappa shape index (κ1) is 16.3. The van der Waals surface area contributed by atoms with Gasteiger partial charge in [-0.1, -0.05) is 33.1 Å². The molecule has 0 spiro atoms. The Bertz CT molecular complexity index is 258. The Balaban J connectivity index is 1.79. The van der Waals surface area contributed by atoms with E-state index >= 15 is 0 Å². The van der Waals surface area contributed by atoms with Crippen molar-refractivity contribution in [2.45, 2.75) is 71.3 Å². The molecule has 0 aromatic heterocycles. The van der Waals surface area contributed by atoms with Gasteiger partial charge in [-0.3, -0.25) is 0 Å². The summed E-state index contributed by atoms with van der Waals surface area (Å²) in [6.07, 6.45) is 11.4. The van der Waals surface area contributed by atoms with Gasteiger partial charge in [-0.25, -0.2) is 0 Å². The molecule has 2 rings (SSSR count). The second-order valence-corrected chi connectivity index (χ2v) is 7.28. The zero-order valence-corrected chi connectivity index (χ0v) is 14.0. The molecule has 20 heavy (non-hydrogen) atoms. The standard InChI is InChI=1S/C18H36N2/c1-4-6-16-9-11-20(12-10-16)14-17-13-15(5-2)7-8-18(17)19-3/h15-19H,4-14H2,1-3H3. The third-order valence-corrected chi connectivity index (χ3v) is 5.94. The maximum Gasteiger partial charge on any atom is 0.0105 e. The molecule has 0 bridgehead atoms.